The molecule has 30 heavy (non-hydrogen) atoms. The van der Waals surface area contributed by atoms with Crippen molar-refractivity contribution in [3.8, 4) is 0 Å². The molecule has 3 rings (SSSR count). The predicted octanol–water partition coefficient (Wildman–Crippen LogP) is 3.99. The van der Waals surface area contributed by atoms with Crippen LogP contribution in [0.4, 0.5) is 10.7 Å². The van der Waals surface area contributed by atoms with Crippen molar-refractivity contribution in [1.82, 2.24) is 9.78 Å². The highest BCUT2D eigenvalue weighted by molar-refractivity contribution is 7.17. The SMILES string of the molecule is COC(=O)c1c(NC(=O)[C@H](C)n2cc([N+](=O)[O-])cn2)sc2c1CC[C@H](C(C)(C)C)C2. The number of hydrogen-bond donors (Lipinski definition) is 1. The highest BCUT2D eigenvalue weighted by Crippen LogP contribution is 2.44. The molecule has 1 N–H and O–H groups in total. The van der Waals surface area contributed by atoms with E-state index < -0.39 is 22.8 Å². The third-order valence-electron chi connectivity index (χ3n) is 5.69. The molecule has 1 aliphatic rings. The van der Waals surface area contributed by atoms with E-state index in [4.69, 9.17) is 4.74 Å². The largest absolute Gasteiger partial charge is 0.465 e. The number of nitrogens with zero attached hydrogens (tertiary/aromatic N) is 3. The van der Waals surface area contributed by atoms with Crippen LogP contribution in [-0.2, 0) is 22.4 Å². The first-order chi connectivity index (χ1) is 14.0. The molecule has 0 fully saturated rings. The Kier molecular flexibility index (Phi) is 5.98. The van der Waals surface area contributed by atoms with Gasteiger partial charge in [0.2, 0.25) is 5.91 Å². The summed E-state index contributed by atoms with van der Waals surface area (Å²) in [6, 6.07) is -0.786. The summed E-state index contributed by atoms with van der Waals surface area (Å²) < 4.78 is 6.21. The Morgan fingerprint density at radius 1 is 1.43 bits per heavy atom. The van der Waals surface area contributed by atoms with Crippen molar-refractivity contribution in [1.29, 1.82) is 0 Å². The number of hydrogen-bond acceptors (Lipinski definition) is 7. The monoisotopic (exact) mass is 434 g/mol. The summed E-state index contributed by atoms with van der Waals surface area (Å²) in [5, 5.41) is 18.0. The normalized spacial score (nSPS) is 17.2. The van der Waals surface area contributed by atoms with Gasteiger partial charge in [0.1, 0.15) is 23.4 Å². The average Bonchev–Trinajstić information content (AvgIpc) is 3.30. The number of carbonyl (C=O) groups excluding carboxylic acids is 2. The van der Waals surface area contributed by atoms with Gasteiger partial charge in [-0.3, -0.25) is 19.6 Å². The molecule has 2 aromatic heterocycles. The fraction of sp³-hybridized carbons (Fsp3) is 0.550. The molecule has 0 spiro atoms. The molecule has 2 atom stereocenters. The second kappa shape index (κ2) is 8.17. The zero-order valence-electron chi connectivity index (χ0n) is 17.7. The molecular formula is C20H26N4O5S. The smallest absolute Gasteiger partial charge is 0.341 e. The van der Waals surface area contributed by atoms with Gasteiger partial charge in [0.05, 0.1) is 17.6 Å². The highest BCUT2D eigenvalue weighted by Gasteiger charge is 2.34. The summed E-state index contributed by atoms with van der Waals surface area (Å²) in [6.07, 6.45) is 4.89. The zero-order chi connectivity index (χ0) is 22.2. The van der Waals surface area contributed by atoms with E-state index in [-0.39, 0.29) is 11.1 Å². The molecule has 0 bridgehead atoms. The van der Waals surface area contributed by atoms with Gasteiger partial charge in [-0.15, -0.1) is 11.3 Å². The topological polar surface area (TPSA) is 116 Å². The number of amides is 1. The van der Waals surface area contributed by atoms with Gasteiger partial charge in [-0.1, -0.05) is 20.8 Å². The van der Waals surface area contributed by atoms with Gasteiger partial charge in [0.25, 0.3) is 0 Å². The van der Waals surface area contributed by atoms with Crippen molar-refractivity contribution in [2.24, 2.45) is 11.3 Å². The van der Waals surface area contributed by atoms with Gasteiger partial charge >= 0.3 is 11.7 Å². The third kappa shape index (κ3) is 4.23. The Labute approximate surface area is 178 Å². The minimum Gasteiger partial charge on any atom is -0.465 e. The quantitative estimate of drug-likeness (QED) is 0.432. The zero-order valence-corrected chi connectivity index (χ0v) is 18.5. The molecule has 9 nitrogen and oxygen atoms in total. The lowest BCUT2D eigenvalue weighted by Gasteiger charge is -2.33. The predicted molar refractivity (Wildman–Crippen MR) is 113 cm³/mol. The molecule has 162 valence electrons. The number of ether oxygens (including phenoxy) is 1. The van der Waals surface area contributed by atoms with Crippen LogP contribution in [0, 0.1) is 21.4 Å². The number of nitro groups is 1. The first-order valence-corrected chi connectivity index (χ1v) is 10.6. The van der Waals surface area contributed by atoms with Gasteiger partial charge in [-0.2, -0.15) is 5.10 Å². The lowest BCUT2D eigenvalue weighted by atomic mass is 9.72. The van der Waals surface area contributed by atoms with Gasteiger partial charge in [-0.25, -0.2) is 4.79 Å². The van der Waals surface area contributed by atoms with Crippen LogP contribution in [0.3, 0.4) is 0 Å². The molecule has 0 saturated heterocycles. The van der Waals surface area contributed by atoms with Crippen LogP contribution >= 0.6 is 11.3 Å². The van der Waals surface area contributed by atoms with Crippen LogP contribution in [0.1, 0.15) is 61.0 Å². The fourth-order valence-electron chi connectivity index (χ4n) is 3.70. The second-order valence-electron chi connectivity index (χ2n) is 8.61. The summed E-state index contributed by atoms with van der Waals surface area (Å²) in [4.78, 5) is 36.7. The van der Waals surface area contributed by atoms with E-state index in [9.17, 15) is 19.7 Å². The van der Waals surface area contributed by atoms with Crippen LogP contribution < -0.4 is 5.32 Å². The van der Waals surface area contributed by atoms with Gasteiger partial charge in [0.15, 0.2) is 0 Å². The van der Waals surface area contributed by atoms with Gasteiger partial charge in [-0.05, 0) is 43.1 Å². The Morgan fingerprint density at radius 3 is 2.70 bits per heavy atom. The molecule has 2 aromatic rings. The van der Waals surface area contributed by atoms with E-state index in [1.54, 1.807) is 6.92 Å². The van der Waals surface area contributed by atoms with Crippen LogP contribution in [0.2, 0.25) is 0 Å². The fourth-order valence-corrected chi connectivity index (χ4v) is 5.02. The molecule has 0 aromatic carbocycles. The van der Waals surface area contributed by atoms with E-state index in [2.05, 4.69) is 31.2 Å². The summed E-state index contributed by atoms with van der Waals surface area (Å²) in [5.74, 6) is -0.398. The number of nitrogens with one attached hydrogen (secondary N) is 1. The minimum absolute atomic E-state index is 0.153. The average molecular weight is 435 g/mol. The first kappa shape index (κ1) is 21.9. The molecule has 1 amide bonds. The lowest BCUT2D eigenvalue weighted by Crippen LogP contribution is -2.26. The van der Waals surface area contributed by atoms with E-state index in [1.807, 2.05) is 0 Å². The molecule has 0 radical (unpaired) electrons. The first-order valence-electron chi connectivity index (χ1n) is 9.75. The number of anilines is 1. The lowest BCUT2D eigenvalue weighted by molar-refractivity contribution is -0.385. The third-order valence-corrected chi connectivity index (χ3v) is 6.86. The van der Waals surface area contributed by atoms with Crippen molar-refractivity contribution < 1.29 is 19.2 Å². The molecular weight excluding hydrogens is 408 g/mol. The van der Waals surface area contributed by atoms with Crippen molar-refractivity contribution >= 4 is 33.9 Å². The number of esters is 1. The van der Waals surface area contributed by atoms with Gasteiger partial charge in [0, 0.05) is 4.88 Å². The molecule has 2 heterocycles. The molecule has 0 aliphatic heterocycles. The van der Waals surface area contributed by atoms with Crippen molar-refractivity contribution in [2.75, 3.05) is 12.4 Å². The van der Waals surface area contributed by atoms with Crippen LogP contribution in [0.25, 0.3) is 0 Å². The van der Waals surface area contributed by atoms with E-state index in [0.717, 1.165) is 35.9 Å². The summed E-state index contributed by atoms with van der Waals surface area (Å²) in [6.45, 7) is 8.23. The number of rotatable bonds is 5. The maximum absolute atomic E-state index is 12.8. The molecule has 1 aliphatic carbocycles. The standard InChI is InChI=1S/C20H26N4O5S/c1-11(23-10-13(9-21-23)24(27)28)17(25)22-18-16(19(26)29-5)14-7-6-12(20(2,3)4)8-15(14)30-18/h9-12H,6-8H2,1-5H3,(H,22,25)/t11-,12-/m0/s1. The second-order valence-corrected chi connectivity index (χ2v) is 9.71. The number of aromatic nitrogens is 2. The molecule has 10 heteroatoms. The highest BCUT2D eigenvalue weighted by atomic mass is 32.1. The van der Waals surface area contributed by atoms with E-state index in [1.165, 1.54) is 29.3 Å². The Bertz CT molecular complexity index is 988. The van der Waals surface area contributed by atoms with Crippen molar-refractivity contribution in [3.63, 3.8) is 0 Å². The van der Waals surface area contributed by atoms with Crippen molar-refractivity contribution in [2.45, 2.75) is 53.0 Å². The van der Waals surface area contributed by atoms with E-state index >= 15 is 0 Å². The summed E-state index contributed by atoms with van der Waals surface area (Å²) in [5.41, 5.74) is 1.33. The van der Waals surface area contributed by atoms with E-state index in [0.29, 0.717) is 16.5 Å². The van der Waals surface area contributed by atoms with Crippen LogP contribution in [0.15, 0.2) is 12.4 Å². The Morgan fingerprint density at radius 2 is 2.13 bits per heavy atom. The number of thiophene rings is 1. The van der Waals surface area contributed by atoms with Crippen LogP contribution in [-0.4, -0.2) is 33.7 Å². The number of fused-ring (bicyclic) bond motifs is 1. The Hall–Kier alpha value is -2.75. The maximum Gasteiger partial charge on any atom is 0.341 e. The molecule has 0 saturated carbocycles. The maximum atomic E-state index is 12.8. The van der Waals surface area contributed by atoms with Crippen molar-refractivity contribution in [3.05, 3.63) is 38.5 Å². The summed E-state index contributed by atoms with van der Waals surface area (Å²) >= 11 is 1.41. The summed E-state index contributed by atoms with van der Waals surface area (Å²) in [7, 11) is 1.32. The Balaban J connectivity index is 1.88. The van der Waals surface area contributed by atoms with Crippen LogP contribution in [0.5, 0.6) is 0 Å². The number of carbonyl (C=O) groups is 2. The van der Waals surface area contributed by atoms with Gasteiger partial charge < -0.3 is 10.1 Å². The number of methoxy groups -OCH3 is 1. The minimum atomic E-state index is -0.786. The molecule has 0 unspecified atom stereocenters.